The zero-order valence-corrected chi connectivity index (χ0v) is 8.00. The summed E-state index contributed by atoms with van der Waals surface area (Å²) in [4.78, 5) is 23.3. The number of aliphatic carboxylic acids is 1. The van der Waals surface area contributed by atoms with Gasteiger partial charge in [0, 0.05) is 6.54 Å². The lowest BCUT2D eigenvalue weighted by Crippen LogP contribution is -2.50. The van der Waals surface area contributed by atoms with Crippen molar-refractivity contribution in [1.82, 2.24) is 4.90 Å². The number of hydrogen-bond acceptors (Lipinski definition) is 4. The minimum Gasteiger partial charge on any atom is -0.480 e. The molecule has 0 bridgehead atoms. The van der Waals surface area contributed by atoms with Crippen molar-refractivity contribution in [3.05, 3.63) is 0 Å². The van der Waals surface area contributed by atoms with E-state index in [1.807, 2.05) is 0 Å². The highest BCUT2D eigenvalue weighted by atomic mass is 32.2. The second kappa shape index (κ2) is 5.27. The van der Waals surface area contributed by atoms with Gasteiger partial charge in [0.05, 0.1) is 5.37 Å². The van der Waals surface area contributed by atoms with Crippen LogP contribution in [-0.4, -0.2) is 55.5 Å². The molecule has 2 saturated heterocycles. The number of hydrogen-bond donors (Lipinski definition) is 1. The topological polar surface area (TPSA) is 152 Å². The molecule has 84 valence electrons. The van der Waals surface area contributed by atoms with Crippen molar-refractivity contribution in [2.24, 2.45) is 0 Å². The molecule has 2 atom stereocenters. The van der Waals surface area contributed by atoms with Crippen LogP contribution in [-0.2, 0) is 9.59 Å². The molecule has 0 saturated carbocycles. The van der Waals surface area contributed by atoms with E-state index in [2.05, 4.69) is 0 Å². The second-order valence-electron chi connectivity index (χ2n) is 2.66. The molecule has 2 fully saturated rings. The molecule has 0 radical (unpaired) electrons. The Hall–Kier alpha value is -0.670. The SMILES string of the molecule is O.O.O.O=C(O)C1C(=O)SC2CCN21. The molecule has 2 unspecified atom stereocenters. The molecule has 0 aromatic heterocycles. The maximum absolute atomic E-state index is 11.0. The van der Waals surface area contributed by atoms with Crippen molar-refractivity contribution in [2.45, 2.75) is 17.8 Å². The summed E-state index contributed by atoms with van der Waals surface area (Å²) in [5, 5.41) is 8.58. The zero-order chi connectivity index (χ0) is 8.01. The third-order valence-corrected chi connectivity index (χ3v) is 3.28. The van der Waals surface area contributed by atoms with Gasteiger partial charge in [-0.2, -0.15) is 0 Å². The first-order valence-corrected chi connectivity index (χ1v) is 4.27. The molecule has 14 heavy (non-hydrogen) atoms. The summed E-state index contributed by atoms with van der Waals surface area (Å²) >= 11 is 1.16. The Morgan fingerprint density at radius 1 is 1.43 bits per heavy atom. The highest BCUT2D eigenvalue weighted by Crippen LogP contribution is 2.39. The predicted molar refractivity (Wildman–Crippen MR) is 50.0 cm³/mol. The number of carbonyl (C=O) groups is 2. The highest BCUT2D eigenvalue weighted by molar-refractivity contribution is 8.14. The fourth-order valence-corrected chi connectivity index (χ4v) is 2.60. The predicted octanol–water partition coefficient (Wildman–Crippen LogP) is -2.73. The summed E-state index contributed by atoms with van der Waals surface area (Å²) in [6, 6.07) is -0.862. The van der Waals surface area contributed by atoms with E-state index in [1.165, 1.54) is 0 Å². The number of carboxylic acids is 1. The number of thioether (sulfide) groups is 1. The molecule has 0 aromatic carbocycles. The van der Waals surface area contributed by atoms with Gasteiger partial charge in [0.2, 0.25) is 5.12 Å². The van der Waals surface area contributed by atoms with Crippen LogP contribution in [0, 0.1) is 0 Å². The van der Waals surface area contributed by atoms with Gasteiger partial charge in [-0.3, -0.25) is 9.69 Å². The van der Waals surface area contributed by atoms with Crippen LogP contribution in [0.25, 0.3) is 0 Å². The second-order valence-corrected chi connectivity index (χ2v) is 3.84. The maximum atomic E-state index is 11.0. The van der Waals surface area contributed by atoms with Crippen molar-refractivity contribution in [3.8, 4) is 0 Å². The Kier molecular flexibility index (Phi) is 5.94. The van der Waals surface area contributed by atoms with Gasteiger partial charge in [-0.25, -0.2) is 4.79 Å². The Morgan fingerprint density at radius 2 is 2.00 bits per heavy atom. The molecule has 0 aromatic rings. The number of carbonyl (C=O) groups excluding carboxylic acids is 1. The van der Waals surface area contributed by atoms with Crippen LogP contribution in [0.15, 0.2) is 0 Å². The molecule has 2 heterocycles. The van der Waals surface area contributed by atoms with Crippen LogP contribution >= 0.6 is 11.8 Å². The summed E-state index contributed by atoms with van der Waals surface area (Å²) in [5.74, 6) is -1.01. The van der Waals surface area contributed by atoms with E-state index < -0.39 is 12.0 Å². The molecule has 8 heteroatoms. The average Bonchev–Trinajstić information content (AvgIpc) is 2.10. The third-order valence-electron chi connectivity index (χ3n) is 2.05. The molecular weight excluding hydrogens is 214 g/mol. The Labute approximate surface area is 84.0 Å². The maximum Gasteiger partial charge on any atom is 0.329 e. The first-order valence-electron chi connectivity index (χ1n) is 3.39. The fourth-order valence-electron chi connectivity index (χ4n) is 1.38. The molecule has 2 aliphatic heterocycles. The molecular formula is C6H13NO6S. The monoisotopic (exact) mass is 227 g/mol. The van der Waals surface area contributed by atoms with E-state index in [9.17, 15) is 9.59 Å². The molecule has 7 N–H and O–H groups in total. The molecule has 0 spiro atoms. The first kappa shape index (κ1) is 15.8. The van der Waals surface area contributed by atoms with Gasteiger partial charge in [-0.05, 0) is 6.42 Å². The number of fused-ring (bicyclic) bond motifs is 1. The van der Waals surface area contributed by atoms with Crippen molar-refractivity contribution >= 4 is 22.8 Å². The fraction of sp³-hybridized carbons (Fsp3) is 0.667. The van der Waals surface area contributed by atoms with Gasteiger partial charge in [0.15, 0.2) is 6.04 Å². The van der Waals surface area contributed by atoms with Crippen LogP contribution in [0.5, 0.6) is 0 Å². The quantitative estimate of drug-likeness (QED) is 0.482. The lowest BCUT2D eigenvalue weighted by atomic mass is 10.1. The summed E-state index contributed by atoms with van der Waals surface area (Å²) in [6.07, 6.45) is 0.945. The Morgan fingerprint density at radius 3 is 2.21 bits per heavy atom. The van der Waals surface area contributed by atoms with E-state index in [1.54, 1.807) is 4.90 Å². The number of carboxylic acid groups (broad SMARTS) is 1. The van der Waals surface area contributed by atoms with E-state index in [-0.39, 0.29) is 26.9 Å². The van der Waals surface area contributed by atoms with Crippen LogP contribution < -0.4 is 0 Å². The van der Waals surface area contributed by atoms with Crippen LogP contribution in [0.2, 0.25) is 0 Å². The van der Waals surface area contributed by atoms with E-state index in [0.717, 1.165) is 24.7 Å². The Balaban J connectivity index is 0. The van der Waals surface area contributed by atoms with E-state index in [4.69, 9.17) is 5.11 Å². The van der Waals surface area contributed by atoms with Crippen LogP contribution in [0.1, 0.15) is 6.42 Å². The number of rotatable bonds is 1. The van der Waals surface area contributed by atoms with Gasteiger partial charge < -0.3 is 21.5 Å². The molecule has 0 amide bonds. The van der Waals surface area contributed by atoms with E-state index in [0.29, 0.717) is 0 Å². The summed E-state index contributed by atoms with van der Waals surface area (Å²) in [7, 11) is 0. The minimum absolute atomic E-state index is 0. The molecule has 2 rings (SSSR count). The van der Waals surface area contributed by atoms with Gasteiger partial charge in [0.25, 0.3) is 0 Å². The lowest BCUT2D eigenvalue weighted by molar-refractivity contribution is -0.146. The van der Waals surface area contributed by atoms with Crippen molar-refractivity contribution in [3.63, 3.8) is 0 Å². The minimum atomic E-state index is -1.01. The van der Waals surface area contributed by atoms with Crippen LogP contribution in [0.3, 0.4) is 0 Å². The average molecular weight is 227 g/mol. The summed E-state index contributed by atoms with van der Waals surface area (Å²) in [5.41, 5.74) is 0. The van der Waals surface area contributed by atoms with Crippen molar-refractivity contribution in [2.75, 3.05) is 6.54 Å². The van der Waals surface area contributed by atoms with Gasteiger partial charge >= 0.3 is 5.97 Å². The molecule has 7 nitrogen and oxygen atoms in total. The molecule has 2 aliphatic rings. The standard InChI is InChI=1S/C6H7NO3S.3H2O/c8-5(9)4-6(10)11-3-1-2-7(3)4;;;/h3-4H,1-2H2,(H,8,9);3*1H2. The molecule has 0 aliphatic carbocycles. The van der Waals surface area contributed by atoms with Gasteiger partial charge in [0.1, 0.15) is 0 Å². The first-order chi connectivity index (χ1) is 5.20. The van der Waals surface area contributed by atoms with Gasteiger partial charge in [-0.1, -0.05) is 11.8 Å². The lowest BCUT2D eigenvalue weighted by Gasteiger charge is -2.34. The third kappa shape index (κ3) is 2.04. The van der Waals surface area contributed by atoms with E-state index >= 15 is 0 Å². The summed E-state index contributed by atoms with van der Waals surface area (Å²) < 4.78 is 0. The smallest absolute Gasteiger partial charge is 0.329 e. The normalized spacial score (nSPS) is 28.7. The highest BCUT2D eigenvalue weighted by Gasteiger charge is 2.49. The summed E-state index contributed by atoms with van der Waals surface area (Å²) in [6.45, 7) is 0.750. The zero-order valence-electron chi connectivity index (χ0n) is 7.19. The Bertz CT molecular complexity index is 234. The number of nitrogens with zero attached hydrogens (tertiary/aromatic N) is 1. The van der Waals surface area contributed by atoms with Gasteiger partial charge in [-0.15, -0.1) is 0 Å². The van der Waals surface area contributed by atoms with Crippen LogP contribution in [0.4, 0.5) is 0 Å². The largest absolute Gasteiger partial charge is 0.480 e. The van der Waals surface area contributed by atoms with Crippen molar-refractivity contribution in [1.29, 1.82) is 0 Å². The van der Waals surface area contributed by atoms with Crippen molar-refractivity contribution < 1.29 is 31.1 Å².